The second kappa shape index (κ2) is 4.16. The largest absolute Gasteiger partial charge is 0.295 e. The molecule has 90 valence electrons. The van der Waals surface area contributed by atoms with Crippen molar-refractivity contribution in [2.24, 2.45) is 0 Å². The van der Waals surface area contributed by atoms with Crippen molar-refractivity contribution in [2.75, 3.05) is 0 Å². The number of H-pyrrole nitrogens is 1. The van der Waals surface area contributed by atoms with E-state index in [1.54, 1.807) is 0 Å². The zero-order valence-corrected chi connectivity index (χ0v) is 9.50. The van der Waals surface area contributed by atoms with Gasteiger partial charge in [-0.15, -0.1) is 0 Å². The van der Waals surface area contributed by atoms with Crippen molar-refractivity contribution in [1.82, 2.24) is 9.78 Å². The van der Waals surface area contributed by atoms with Crippen LogP contribution in [0.25, 0.3) is 5.69 Å². The van der Waals surface area contributed by atoms with Gasteiger partial charge in [-0.2, -0.15) is 0 Å². The lowest BCUT2D eigenvalue weighted by Crippen LogP contribution is -2.15. The molecule has 17 heavy (non-hydrogen) atoms. The minimum atomic E-state index is -0.774. The fourth-order valence-electron chi connectivity index (χ4n) is 1.55. The Balaban J connectivity index is 2.57. The topological polar surface area (TPSA) is 37.8 Å². The Kier molecular flexibility index (Phi) is 2.83. The molecule has 0 unspecified atom stereocenters. The molecule has 2 rings (SSSR count). The summed E-state index contributed by atoms with van der Waals surface area (Å²) in [6.45, 7) is 3.83. The normalized spacial score (nSPS) is 11.1. The highest BCUT2D eigenvalue weighted by molar-refractivity contribution is 5.33. The van der Waals surface area contributed by atoms with Gasteiger partial charge >= 0.3 is 0 Å². The van der Waals surface area contributed by atoms with Crippen molar-refractivity contribution in [1.29, 1.82) is 0 Å². The third-order valence-corrected chi connectivity index (χ3v) is 2.51. The van der Waals surface area contributed by atoms with Gasteiger partial charge in [0.05, 0.1) is 0 Å². The quantitative estimate of drug-likeness (QED) is 0.857. The summed E-state index contributed by atoms with van der Waals surface area (Å²) in [4.78, 5) is 11.7. The molecule has 1 aromatic carbocycles. The highest BCUT2D eigenvalue weighted by Crippen LogP contribution is 2.14. The molecular weight excluding hydrogens is 226 g/mol. The number of hydrogen-bond acceptors (Lipinski definition) is 1. The molecule has 2 aromatic rings. The van der Waals surface area contributed by atoms with Crippen LogP contribution in [0.1, 0.15) is 25.5 Å². The van der Waals surface area contributed by atoms with E-state index in [0.717, 1.165) is 16.8 Å². The summed E-state index contributed by atoms with van der Waals surface area (Å²) in [7, 11) is 0. The highest BCUT2D eigenvalue weighted by atomic mass is 19.1. The Morgan fingerprint density at radius 2 is 1.94 bits per heavy atom. The Morgan fingerprint density at radius 1 is 1.24 bits per heavy atom. The minimum absolute atomic E-state index is 0.0169. The van der Waals surface area contributed by atoms with Gasteiger partial charge < -0.3 is 0 Å². The summed E-state index contributed by atoms with van der Waals surface area (Å²) in [5.74, 6) is -1.31. The molecule has 0 saturated carbocycles. The van der Waals surface area contributed by atoms with Gasteiger partial charge in [0.15, 0.2) is 5.82 Å². The van der Waals surface area contributed by atoms with E-state index in [0.29, 0.717) is 5.69 Å². The van der Waals surface area contributed by atoms with Gasteiger partial charge in [-0.1, -0.05) is 13.8 Å². The first-order chi connectivity index (χ1) is 7.99. The maximum Gasteiger partial charge on any atom is 0.271 e. The number of nitrogens with zero attached hydrogens (tertiary/aromatic N) is 1. The van der Waals surface area contributed by atoms with Crippen LogP contribution >= 0.6 is 0 Å². The average molecular weight is 238 g/mol. The number of aromatic nitrogens is 2. The fraction of sp³-hybridized carbons (Fsp3) is 0.250. The molecular formula is C12H12F2N2O. The Hall–Kier alpha value is -1.91. The Bertz CT molecular complexity index is 599. The van der Waals surface area contributed by atoms with Crippen molar-refractivity contribution in [3.63, 3.8) is 0 Å². The molecule has 1 aromatic heterocycles. The van der Waals surface area contributed by atoms with Crippen LogP contribution in [0.4, 0.5) is 8.78 Å². The van der Waals surface area contributed by atoms with Crippen LogP contribution in [0.15, 0.2) is 29.1 Å². The summed E-state index contributed by atoms with van der Waals surface area (Å²) in [6.07, 6.45) is 0. The lowest BCUT2D eigenvalue weighted by molar-refractivity contribution is 0.571. The number of aromatic amines is 1. The molecule has 3 nitrogen and oxygen atoms in total. The zero-order chi connectivity index (χ0) is 12.6. The number of nitrogens with one attached hydrogen (secondary N) is 1. The van der Waals surface area contributed by atoms with Gasteiger partial charge in [-0.25, -0.2) is 13.5 Å². The van der Waals surface area contributed by atoms with Crippen LogP contribution in [-0.2, 0) is 0 Å². The van der Waals surface area contributed by atoms with Crippen LogP contribution < -0.4 is 5.56 Å². The van der Waals surface area contributed by atoms with Crippen LogP contribution in [-0.4, -0.2) is 9.78 Å². The van der Waals surface area contributed by atoms with Crippen molar-refractivity contribution < 1.29 is 8.78 Å². The maximum atomic E-state index is 13.5. The molecule has 5 heteroatoms. The Morgan fingerprint density at radius 3 is 2.47 bits per heavy atom. The van der Waals surface area contributed by atoms with E-state index in [4.69, 9.17) is 0 Å². The summed E-state index contributed by atoms with van der Waals surface area (Å²) in [5, 5.41) is 2.80. The second-order valence-electron chi connectivity index (χ2n) is 4.14. The smallest absolute Gasteiger partial charge is 0.271 e. The van der Waals surface area contributed by atoms with Crippen LogP contribution in [0.5, 0.6) is 0 Å². The predicted molar refractivity (Wildman–Crippen MR) is 60.4 cm³/mol. The molecule has 1 heterocycles. The van der Waals surface area contributed by atoms with E-state index in [2.05, 4.69) is 5.10 Å². The molecule has 0 aliphatic heterocycles. The molecule has 0 aliphatic rings. The van der Waals surface area contributed by atoms with Crippen LogP contribution in [0.2, 0.25) is 0 Å². The molecule has 1 N–H and O–H groups in total. The monoisotopic (exact) mass is 238 g/mol. The van der Waals surface area contributed by atoms with Gasteiger partial charge in [-0.3, -0.25) is 9.89 Å². The first-order valence-electron chi connectivity index (χ1n) is 5.26. The lowest BCUT2D eigenvalue weighted by atomic mass is 10.1. The van der Waals surface area contributed by atoms with Gasteiger partial charge in [-0.05, 0) is 18.1 Å². The van der Waals surface area contributed by atoms with Crippen LogP contribution in [0, 0.1) is 11.6 Å². The number of rotatable bonds is 2. The summed E-state index contributed by atoms with van der Waals surface area (Å²) < 4.78 is 27.3. The second-order valence-corrected chi connectivity index (χ2v) is 4.14. The molecule has 0 bridgehead atoms. The molecule has 0 amide bonds. The SMILES string of the molecule is CC(C)c1cc(=O)n(-c2ccc(F)cc2F)[nH]1. The van der Waals surface area contributed by atoms with Gasteiger partial charge in [0.1, 0.15) is 11.5 Å². The summed E-state index contributed by atoms with van der Waals surface area (Å²) in [6, 6.07) is 4.50. The molecule has 0 fully saturated rings. The van der Waals surface area contributed by atoms with Gasteiger partial charge in [0, 0.05) is 17.8 Å². The van der Waals surface area contributed by atoms with Gasteiger partial charge in [0.2, 0.25) is 0 Å². The molecule has 0 atom stereocenters. The molecule has 0 aliphatic carbocycles. The summed E-state index contributed by atoms with van der Waals surface area (Å²) in [5.41, 5.74) is 0.362. The first-order valence-corrected chi connectivity index (χ1v) is 5.26. The van der Waals surface area contributed by atoms with E-state index in [-0.39, 0.29) is 17.2 Å². The van der Waals surface area contributed by atoms with Gasteiger partial charge in [0.25, 0.3) is 5.56 Å². The number of halogens is 2. The molecule has 0 spiro atoms. The van der Waals surface area contributed by atoms with E-state index in [9.17, 15) is 13.6 Å². The third-order valence-electron chi connectivity index (χ3n) is 2.51. The number of benzene rings is 1. The average Bonchev–Trinajstić information content (AvgIpc) is 2.61. The van der Waals surface area contributed by atoms with Crippen LogP contribution in [0.3, 0.4) is 0 Å². The third kappa shape index (κ3) is 2.13. The van der Waals surface area contributed by atoms with E-state index >= 15 is 0 Å². The lowest BCUT2D eigenvalue weighted by Gasteiger charge is -2.04. The standard InChI is InChI=1S/C12H12F2N2O/c1-7(2)10-6-12(17)16(15-10)11-4-3-8(13)5-9(11)14/h3-7,15H,1-2H3. The Labute approximate surface area is 96.7 Å². The van der Waals surface area contributed by atoms with Crippen molar-refractivity contribution in [3.8, 4) is 5.69 Å². The summed E-state index contributed by atoms with van der Waals surface area (Å²) >= 11 is 0. The fourth-order valence-corrected chi connectivity index (χ4v) is 1.55. The van der Waals surface area contributed by atoms with E-state index < -0.39 is 11.6 Å². The zero-order valence-electron chi connectivity index (χ0n) is 9.50. The maximum absolute atomic E-state index is 13.5. The van der Waals surface area contributed by atoms with E-state index in [1.807, 2.05) is 13.8 Å². The van der Waals surface area contributed by atoms with E-state index in [1.165, 1.54) is 12.1 Å². The first kappa shape index (κ1) is 11.6. The van der Waals surface area contributed by atoms with Crippen molar-refractivity contribution in [2.45, 2.75) is 19.8 Å². The van der Waals surface area contributed by atoms with Crippen molar-refractivity contribution >= 4 is 0 Å². The van der Waals surface area contributed by atoms with Crippen molar-refractivity contribution in [3.05, 3.63) is 51.9 Å². The molecule has 0 saturated heterocycles. The minimum Gasteiger partial charge on any atom is -0.295 e. The number of hydrogen-bond donors (Lipinski definition) is 1. The molecule has 0 radical (unpaired) electrons. The highest BCUT2D eigenvalue weighted by Gasteiger charge is 2.11. The predicted octanol–water partition coefficient (Wildman–Crippen LogP) is 2.57.